The van der Waals surface area contributed by atoms with E-state index in [4.69, 9.17) is 5.02 Å². The lowest BCUT2D eigenvalue weighted by Crippen LogP contribution is -1.75. The summed E-state index contributed by atoms with van der Waals surface area (Å²) in [6.45, 7) is 0. The van der Waals surface area contributed by atoms with E-state index in [1.165, 1.54) is 0 Å². The number of rotatable bonds is 1. The standard InChI is InChI=1S/BH2NO3S/c3-1-2-6(4)5/h1,3H. The Bertz CT molecular complexity index is 125. The molecule has 0 aliphatic heterocycles. The average molecular weight is 107 g/mol. The van der Waals surface area contributed by atoms with Crippen LogP contribution in [0.3, 0.4) is 0 Å². The molecule has 0 aliphatic rings. The smallest absolute Gasteiger partial charge is 0.432 e. The van der Waals surface area contributed by atoms with Gasteiger partial charge in [0.05, 0.1) is 0 Å². The first kappa shape index (κ1) is 5.64. The fraction of sp³-hybridized carbons (Fsp3) is 0. The molecule has 6 heavy (non-hydrogen) atoms. The van der Waals surface area contributed by atoms with E-state index in [2.05, 4.69) is 4.27 Å². The van der Waals surface area contributed by atoms with Gasteiger partial charge in [-0.3, -0.25) is 0 Å². The van der Waals surface area contributed by atoms with Crippen LogP contribution in [0.2, 0.25) is 0 Å². The number of hydrogen-bond donors (Lipinski definition) is 1. The van der Waals surface area contributed by atoms with Crippen LogP contribution in [0.5, 0.6) is 0 Å². The SMILES string of the molecule is O=S(=O)=NBO. The summed E-state index contributed by atoms with van der Waals surface area (Å²) in [5, 5.41) is 7.68. The minimum atomic E-state index is -2.44. The lowest BCUT2D eigenvalue weighted by molar-refractivity contribution is 0.600. The molecule has 4 nitrogen and oxygen atoms in total. The van der Waals surface area contributed by atoms with Crippen LogP contribution in [-0.2, 0) is 10.5 Å². The highest BCUT2D eigenvalue weighted by Gasteiger charge is 1.68. The predicted molar refractivity (Wildman–Crippen MR) is 20.7 cm³/mol. The number of nitrogens with zero attached hydrogens (tertiary/aromatic N) is 1. The third-order valence-electron chi connectivity index (χ3n) is 0.163. The summed E-state index contributed by atoms with van der Waals surface area (Å²) in [4.78, 5) is 0. The van der Waals surface area contributed by atoms with E-state index in [1.54, 1.807) is 0 Å². The Morgan fingerprint density at radius 2 is 2.17 bits per heavy atom. The maximum absolute atomic E-state index is 9.27. The first-order valence-electron chi connectivity index (χ1n) is 1.15. The molecular weight excluding hydrogens is 105 g/mol. The molecule has 0 aromatic carbocycles. The lowest BCUT2D eigenvalue weighted by atomic mass is 10.4. The molecule has 0 heterocycles. The van der Waals surface area contributed by atoms with Crippen molar-refractivity contribution in [1.29, 1.82) is 0 Å². The molecule has 6 heteroatoms. The van der Waals surface area contributed by atoms with E-state index in [0.717, 1.165) is 0 Å². The van der Waals surface area contributed by atoms with Gasteiger partial charge in [0, 0.05) is 0 Å². The van der Waals surface area contributed by atoms with E-state index >= 15 is 0 Å². The van der Waals surface area contributed by atoms with Gasteiger partial charge in [-0.05, 0) is 0 Å². The van der Waals surface area contributed by atoms with Gasteiger partial charge in [-0.15, -0.1) is 0 Å². The summed E-state index contributed by atoms with van der Waals surface area (Å²) in [6.07, 6.45) is 0. The zero-order valence-corrected chi connectivity index (χ0v) is 3.64. The molecule has 0 amide bonds. The molecule has 0 aliphatic carbocycles. The monoisotopic (exact) mass is 107 g/mol. The van der Waals surface area contributed by atoms with Gasteiger partial charge in [0.25, 0.3) is 10.5 Å². The Morgan fingerprint density at radius 3 is 2.17 bits per heavy atom. The topological polar surface area (TPSA) is 66.7 Å². The second-order valence-electron chi connectivity index (χ2n) is 0.488. The maximum atomic E-state index is 9.27. The molecule has 0 radical (unpaired) electrons. The molecule has 0 atom stereocenters. The van der Waals surface area contributed by atoms with Gasteiger partial charge in [0.15, 0.2) is 0 Å². The summed E-state index contributed by atoms with van der Waals surface area (Å²) >= 11 is 0. The highest BCUT2D eigenvalue weighted by Crippen LogP contribution is 1.49. The van der Waals surface area contributed by atoms with Gasteiger partial charge in [-0.2, -0.15) is 8.42 Å². The van der Waals surface area contributed by atoms with E-state index in [1.807, 2.05) is 0 Å². The Kier molecular flexibility index (Phi) is 2.69. The van der Waals surface area contributed by atoms with Crippen LogP contribution in [0.15, 0.2) is 4.27 Å². The zero-order chi connectivity index (χ0) is 4.99. The van der Waals surface area contributed by atoms with Crippen molar-refractivity contribution < 1.29 is 13.4 Å². The molecule has 0 saturated carbocycles. The lowest BCUT2D eigenvalue weighted by Gasteiger charge is -1.55. The van der Waals surface area contributed by atoms with Crippen LogP contribution in [0.1, 0.15) is 0 Å². The van der Waals surface area contributed by atoms with E-state index in [-0.39, 0.29) is 0 Å². The van der Waals surface area contributed by atoms with Crippen LogP contribution in [-0.4, -0.2) is 21.1 Å². The van der Waals surface area contributed by atoms with Gasteiger partial charge in [0.2, 0.25) is 0 Å². The van der Waals surface area contributed by atoms with Gasteiger partial charge >= 0.3 is 7.62 Å². The van der Waals surface area contributed by atoms with Gasteiger partial charge < -0.3 is 5.02 Å². The maximum Gasteiger partial charge on any atom is 0.432 e. The Morgan fingerprint density at radius 1 is 1.67 bits per heavy atom. The first-order valence-corrected chi connectivity index (χ1v) is 2.18. The highest BCUT2D eigenvalue weighted by molar-refractivity contribution is 7.62. The third-order valence-corrected chi connectivity index (χ3v) is 0.489. The molecule has 0 aromatic heterocycles. The minimum absolute atomic E-state index is 0.657. The predicted octanol–water partition coefficient (Wildman–Crippen LogP) is -1.69. The zero-order valence-electron chi connectivity index (χ0n) is 2.83. The van der Waals surface area contributed by atoms with Crippen molar-refractivity contribution in [3.63, 3.8) is 0 Å². The van der Waals surface area contributed by atoms with Crippen molar-refractivity contribution >= 4 is 18.1 Å². The van der Waals surface area contributed by atoms with Crippen LogP contribution in [0, 0.1) is 0 Å². The summed E-state index contributed by atoms with van der Waals surface area (Å²) in [5.74, 6) is 0. The molecule has 34 valence electrons. The molecule has 0 unspecified atom stereocenters. The van der Waals surface area contributed by atoms with Gasteiger partial charge in [0.1, 0.15) is 0 Å². The van der Waals surface area contributed by atoms with Crippen LogP contribution in [0.4, 0.5) is 0 Å². The normalized spacial score (nSPS) is 6.83. The number of hydrogen-bond acceptors (Lipinski definition) is 4. The van der Waals surface area contributed by atoms with Gasteiger partial charge in [-0.1, -0.05) is 0 Å². The second-order valence-corrected chi connectivity index (χ2v) is 1.18. The quantitative estimate of drug-likeness (QED) is 0.406. The van der Waals surface area contributed by atoms with Crippen molar-refractivity contribution in [3.05, 3.63) is 0 Å². The molecule has 0 saturated heterocycles. The highest BCUT2D eigenvalue weighted by atomic mass is 32.2. The molecule has 0 rings (SSSR count). The van der Waals surface area contributed by atoms with Crippen LogP contribution >= 0.6 is 0 Å². The van der Waals surface area contributed by atoms with Crippen molar-refractivity contribution in [3.8, 4) is 0 Å². The summed E-state index contributed by atoms with van der Waals surface area (Å²) in [7, 11) is -3.10. The summed E-state index contributed by atoms with van der Waals surface area (Å²) in [5.41, 5.74) is 0. The molecule has 0 spiro atoms. The third kappa shape index (κ3) is 3.64. The average Bonchev–Trinajstić information content (AvgIpc) is 1.35. The second kappa shape index (κ2) is 2.86. The fourth-order valence-corrected chi connectivity index (χ4v) is 0.141. The summed E-state index contributed by atoms with van der Waals surface area (Å²) < 4.78 is 21.1. The molecule has 0 aromatic rings. The minimum Gasteiger partial charge on any atom is -0.433 e. The van der Waals surface area contributed by atoms with E-state index in [9.17, 15) is 8.42 Å². The van der Waals surface area contributed by atoms with Crippen molar-refractivity contribution in [2.24, 2.45) is 4.27 Å². The largest absolute Gasteiger partial charge is 0.433 e. The summed E-state index contributed by atoms with van der Waals surface area (Å²) in [6, 6.07) is 0. The molecular formula is H2BNO3S. The van der Waals surface area contributed by atoms with Crippen LogP contribution in [0.25, 0.3) is 0 Å². The Balaban J connectivity index is 3.78. The molecule has 0 fully saturated rings. The first-order chi connectivity index (χ1) is 2.77. The Hall–Kier alpha value is -0.355. The van der Waals surface area contributed by atoms with Crippen molar-refractivity contribution in [2.45, 2.75) is 0 Å². The molecule has 1 N–H and O–H groups in total. The van der Waals surface area contributed by atoms with Gasteiger partial charge in [-0.25, -0.2) is 4.27 Å². The fourth-order valence-electron chi connectivity index (χ4n) is 0.0471. The van der Waals surface area contributed by atoms with Crippen molar-refractivity contribution in [1.82, 2.24) is 0 Å². The van der Waals surface area contributed by atoms with E-state index in [0.29, 0.717) is 0 Å². The molecule has 0 bridgehead atoms. The van der Waals surface area contributed by atoms with E-state index < -0.39 is 18.1 Å². The van der Waals surface area contributed by atoms with Crippen molar-refractivity contribution in [2.75, 3.05) is 0 Å². The van der Waals surface area contributed by atoms with Crippen LogP contribution < -0.4 is 0 Å². The Labute approximate surface area is 36.8 Å².